The van der Waals surface area contributed by atoms with Gasteiger partial charge in [-0.25, -0.2) is 0 Å². The van der Waals surface area contributed by atoms with Gasteiger partial charge in [-0.2, -0.15) is 0 Å². The van der Waals surface area contributed by atoms with Crippen LogP contribution in [-0.4, -0.2) is 90.9 Å². The van der Waals surface area contributed by atoms with Gasteiger partial charge in [0.05, 0.1) is 30.6 Å². The fourth-order valence-electron chi connectivity index (χ4n) is 8.61. The Morgan fingerprint density at radius 3 is 2.43 bits per heavy atom. The number of hydrogen-bond donors (Lipinski definition) is 2. The Labute approximate surface area is 313 Å². The van der Waals surface area contributed by atoms with Crippen LogP contribution in [0.5, 0.6) is 0 Å². The molecule has 2 aromatic rings. The van der Waals surface area contributed by atoms with Gasteiger partial charge in [-0.05, 0) is 62.6 Å². The molecule has 0 radical (unpaired) electrons. The third-order valence-electron chi connectivity index (χ3n) is 10.9. The second-order valence-electron chi connectivity index (χ2n) is 14.4. The molecule has 3 aliphatic rings. The number of methoxy groups -OCH3 is 1. The second-order valence-corrected chi connectivity index (χ2v) is 14.4. The van der Waals surface area contributed by atoms with E-state index in [1.54, 1.807) is 22.0 Å². The van der Waals surface area contributed by atoms with E-state index in [1.165, 1.54) is 7.11 Å². The standard InChI is InChI=1S/C42H55N3O8/c1-6-8-21-33(47)43-31(27-51-5)37(30-19-12-11-13-20-30)52-41(50)34-32-22-23-42(53-32)35(34)39(48)45(25-14-9-10-15-26-46)38(42)40(49)44(24-7-2)36-28(3)17-16-18-29(36)4/h6-7,11-13,16-20,31-32,34-35,37-38,46H,1-2,8-10,14-15,21-27H2,3-5H3,(H,43,47)/t31-,32-,34+,35+,37-,38-,42+/m1/s1. The number of anilines is 1. The molecule has 2 aromatic carbocycles. The van der Waals surface area contributed by atoms with E-state index in [9.17, 15) is 19.5 Å². The number of fused-ring (bicyclic) bond motifs is 1. The summed E-state index contributed by atoms with van der Waals surface area (Å²) in [4.78, 5) is 60.6. The number of nitrogens with zero attached hydrogens (tertiary/aromatic N) is 2. The lowest BCUT2D eigenvalue weighted by molar-refractivity contribution is -0.163. The van der Waals surface area contributed by atoms with Crippen LogP contribution in [0.25, 0.3) is 0 Å². The summed E-state index contributed by atoms with van der Waals surface area (Å²) >= 11 is 0. The lowest BCUT2D eigenvalue weighted by Crippen LogP contribution is -2.56. The van der Waals surface area contributed by atoms with Crippen molar-refractivity contribution in [1.29, 1.82) is 0 Å². The fourth-order valence-corrected chi connectivity index (χ4v) is 8.61. The lowest BCUT2D eigenvalue weighted by Gasteiger charge is -2.37. The summed E-state index contributed by atoms with van der Waals surface area (Å²) in [5.74, 6) is -3.29. The van der Waals surface area contributed by atoms with Gasteiger partial charge in [0.2, 0.25) is 11.8 Å². The molecule has 2 bridgehead atoms. The maximum atomic E-state index is 15.0. The Morgan fingerprint density at radius 2 is 1.77 bits per heavy atom. The van der Waals surface area contributed by atoms with Gasteiger partial charge in [-0.15, -0.1) is 13.2 Å². The summed E-state index contributed by atoms with van der Waals surface area (Å²) in [7, 11) is 1.52. The topological polar surface area (TPSA) is 135 Å². The number of hydrogen-bond acceptors (Lipinski definition) is 8. The number of esters is 1. The monoisotopic (exact) mass is 729 g/mol. The zero-order chi connectivity index (χ0) is 38.1. The Hall–Kier alpha value is -4.32. The summed E-state index contributed by atoms with van der Waals surface area (Å²) in [5, 5.41) is 12.3. The van der Waals surface area contributed by atoms with Gasteiger partial charge < -0.3 is 34.4 Å². The van der Waals surface area contributed by atoms with Crippen molar-refractivity contribution in [3.05, 3.63) is 90.5 Å². The zero-order valence-electron chi connectivity index (χ0n) is 31.3. The van der Waals surface area contributed by atoms with Crippen LogP contribution in [0.2, 0.25) is 0 Å². The molecule has 53 heavy (non-hydrogen) atoms. The number of carbonyl (C=O) groups excluding carboxylic acids is 4. The van der Waals surface area contributed by atoms with Crippen molar-refractivity contribution in [2.45, 2.75) is 95.1 Å². The fraction of sp³-hybridized carbons (Fsp3) is 0.524. The van der Waals surface area contributed by atoms with Crippen molar-refractivity contribution in [3.63, 3.8) is 0 Å². The summed E-state index contributed by atoms with van der Waals surface area (Å²) in [6.45, 7) is 12.3. The van der Waals surface area contributed by atoms with Crippen molar-refractivity contribution >= 4 is 29.4 Å². The number of nitrogens with one attached hydrogen (secondary N) is 1. The first-order valence-corrected chi connectivity index (χ1v) is 18.9. The SMILES string of the molecule is C=CCCC(=O)N[C@H](COC)[C@H](OC(=O)[C@@H]1[C@H]2C(=O)N(CCCCCCO)[C@H](C(=O)N(CC=C)c3c(C)cccc3C)[C@]23CC[C@H]1O3)c1ccccc1. The van der Waals surface area contributed by atoms with Crippen molar-refractivity contribution in [2.75, 3.05) is 38.3 Å². The third-order valence-corrected chi connectivity index (χ3v) is 10.9. The zero-order valence-corrected chi connectivity index (χ0v) is 31.3. The van der Waals surface area contributed by atoms with E-state index in [1.807, 2.05) is 62.4 Å². The number of amides is 3. The summed E-state index contributed by atoms with van der Waals surface area (Å²) in [6, 6.07) is 13.3. The van der Waals surface area contributed by atoms with E-state index in [0.29, 0.717) is 44.2 Å². The van der Waals surface area contributed by atoms with Crippen LogP contribution >= 0.6 is 0 Å². The molecule has 3 amide bonds. The number of benzene rings is 2. The first kappa shape index (κ1) is 39.9. The molecule has 11 heteroatoms. The highest BCUT2D eigenvalue weighted by atomic mass is 16.6. The Bertz CT molecular complexity index is 1610. The molecule has 286 valence electrons. The molecule has 3 heterocycles. The van der Waals surface area contributed by atoms with Gasteiger partial charge in [-0.3, -0.25) is 19.2 Å². The molecule has 0 saturated carbocycles. The molecular weight excluding hydrogens is 674 g/mol. The van der Waals surface area contributed by atoms with Crippen molar-refractivity contribution in [3.8, 4) is 0 Å². The van der Waals surface area contributed by atoms with Crippen LogP contribution in [0.1, 0.15) is 74.2 Å². The molecule has 3 fully saturated rings. The van der Waals surface area contributed by atoms with Crippen LogP contribution < -0.4 is 10.2 Å². The quantitative estimate of drug-likeness (QED) is 0.109. The molecule has 0 aliphatic carbocycles. The molecule has 11 nitrogen and oxygen atoms in total. The lowest BCUT2D eigenvalue weighted by atomic mass is 9.70. The van der Waals surface area contributed by atoms with E-state index < -0.39 is 47.7 Å². The highest BCUT2D eigenvalue weighted by molar-refractivity contribution is 6.05. The smallest absolute Gasteiger partial charge is 0.313 e. The number of allylic oxidation sites excluding steroid dienone is 1. The molecule has 3 saturated heterocycles. The van der Waals surface area contributed by atoms with Crippen LogP contribution in [0.4, 0.5) is 5.69 Å². The van der Waals surface area contributed by atoms with Crippen LogP contribution in [0.15, 0.2) is 73.8 Å². The summed E-state index contributed by atoms with van der Waals surface area (Å²) in [6.07, 6.45) is 6.27. The molecule has 2 N–H and O–H groups in total. The maximum absolute atomic E-state index is 15.0. The average molecular weight is 730 g/mol. The van der Waals surface area contributed by atoms with E-state index in [2.05, 4.69) is 18.5 Å². The largest absolute Gasteiger partial charge is 0.455 e. The predicted molar refractivity (Wildman–Crippen MR) is 202 cm³/mol. The molecule has 1 spiro atoms. The number of aliphatic hydroxyl groups is 1. The third kappa shape index (κ3) is 8.27. The molecule has 5 rings (SSSR count). The molecule has 7 atom stereocenters. The van der Waals surface area contributed by atoms with Crippen LogP contribution in [0.3, 0.4) is 0 Å². The number of unbranched alkanes of at least 4 members (excludes halogenated alkanes) is 3. The number of rotatable bonds is 20. The number of aryl methyl sites for hydroxylation is 2. The molecular formula is C42H55N3O8. The van der Waals surface area contributed by atoms with E-state index >= 15 is 4.79 Å². The minimum Gasteiger partial charge on any atom is -0.455 e. The van der Waals surface area contributed by atoms with E-state index in [4.69, 9.17) is 14.2 Å². The minimum absolute atomic E-state index is 0.0711. The van der Waals surface area contributed by atoms with E-state index in [-0.39, 0.29) is 43.9 Å². The Kier molecular flexibility index (Phi) is 13.6. The van der Waals surface area contributed by atoms with Gasteiger partial charge in [0.25, 0.3) is 5.91 Å². The molecule has 0 unspecified atom stereocenters. The van der Waals surface area contributed by atoms with Crippen molar-refractivity contribution < 1.29 is 38.5 Å². The van der Waals surface area contributed by atoms with Crippen molar-refractivity contribution in [1.82, 2.24) is 10.2 Å². The molecule has 3 aliphatic heterocycles. The number of para-hydroxylation sites is 1. The highest BCUT2D eigenvalue weighted by Crippen LogP contribution is 2.59. The van der Waals surface area contributed by atoms with Gasteiger partial charge in [0.1, 0.15) is 17.7 Å². The summed E-state index contributed by atoms with van der Waals surface area (Å²) in [5.41, 5.74) is 2.04. The number of likely N-dealkylation sites (tertiary alicyclic amines) is 1. The first-order valence-electron chi connectivity index (χ1n) is 18.9. The number of ether oxygens (including phenoxy) is 3. The number of carbonyl (C=O) groups is 4. The first-order chi connectivity index (χ1) is 25.6. The number of aliphatic hydroxyl groups excluding tert-OH is 1. The van der Waals surface area contributed by atoms with Gasteiger partial charge in [-0.1, -0.05) is 73.5 Å². The van der Waals surface area contributed by atoms with Crippen LogP contribution in [0, 0.1) is 25.7 Å². The Balaban J connectivity index is 1.50. The maximum Gasteiger partial charge on any atom is 0.313 e. The van der Waals surface area contributed by atoms with Gasteiger partial charge in [0.15, 0.2) is 0 Å². The second kappa shape index (κ2) is 18.1. The average Bonchev–Trinajstić information content (AvgIpc) is 3.79. The van der Waals surface area contributed by atoms with Crippen LogP contribution in [-0.2, 0) is 33.4 Å². The van der Waals surface area contributed by atoms with Gasteiger partial charge >= 0.3 is 5.97 Å². The predicted octanol–water partition coefficient (Wildman–Crippen LogP) is 5.13. The van der Waals surface area contributed by atoms with E-state index in [0.717, 1.165) is 29.7 Å². The Morgan fingerprint density at radius 1 is 1.06 bits per heavy atom. The minimum atomic E-state index is -1.23. The molecule has 0 aromatic heterocycles. The summed E-state index contributed by atoms with van der Waals surface area (Å²) < 4.78 is 18.6. The van der Waals surface area contributed by atoms with Gasteiger partial charge in [0, 0.05) is 38.9 Å². The normalized spacial score (nSPS) is 24.0. The highest BCUT2D eigenvalue weighted by Gasteiger charge is 2.75. The van der Waals surface area contributed by atoms with Crippen molar-refractivity contribution in [2.24, 2.45) is 11.8 Å².